The second-order valence-corrected chi connectivity index (χ2v) is 5.75. The monoisotopic (exact) mass is 340 g/mol. The van der Waals surface area contributed by atoms with Gasteiger partial charge in [-0.15, -0.1) is 0 Å². The van der Waals surface area contributed by atoms with E-state index in [2.05, 4.69) is 10.3 Å². The number of H-pyrrole nitrogens is 1. The van der Waals surface area contributed by atoms with Crippen LogP contribution in [0, 0.1) is 0 Å². The highest BCUT2D eigenvalue weighted by Gasteiger charge is 2.20. The van der Waals surface area contributed by atoms with E-state index in [1.54, 1.807) is 36.4 Å². The lowest BCUT2D eigenvalue weighted by molar-refractivity contribution is -0.112. The van der Waals surface area contributed by atoms with Crippen LogP contribution in [0.3, 0.4) is 0 Å². The Kier molecular flexibility index (Phi) is 4.18. The molecule has 2 aromatic carbocycles. The third kappa shape index (κ3) is 3.07. The van der Waals surface area contributed by atoms with Gasteiger partial charge in [0.05, 0.1) is 5.56 Å². The molecule has 0 aliphatic rings. The second kappa shape index (κ2) is 6.29. The number of ketones is 2. The minimum Gasteiger partial charge on any atom is -0.360 e. The molecule has 6 heteroatoms. The Morgan fingerprint density at radius 2 is 1.88 bits per heavy atom. The number of rotatable bonds is 4. The van der Waals surface area contributed by atoms with Gasteiger partial charge < -0.3 is 10.3 Å². The highest BCUT2D eigenvalue weighted by molar-refractivity contribution is 6.48. The number of aromatic amines is 1. The van der Waals surface area contributed by atoms with Crippen molar-refractivity contribution in [3.8, 4) is 0 Å². The van der Waals surface area contributed by atoms with Crippen molar-refractivity contribution in [2.45, 2.75) is 6.92 Å². The first-order valence-corrected chi connectivity index (χ1v) is 7.57. The molecule has 0 radical (unpaired) electrons. The fourth-order valence-electron chi connectivity index (χ4n) is 2.41. The van der Waals surface area contributed by atoms with Gasteiger partial charge in [0, 0.05) is 33.4 Å². The highest BCUT2D eigenvalue weighted by atomic mass is 35.5. The molecule has 120 valence electrons. The summed E-state index contributed by atoms with van der Waals surface area (Å²) in [5.74, 6) is -1.56. The van der Waals surface area contributed by atoms with E-state index in [0.29, 0.717) is 27.2 Å². The lowest BCUT2D eigenvalue weighted by atomic mass is 10.1. The van der Waals surface area contributed by atoms with Gasteiger partial charge in [0.2, 0.25) is 0 Å². The van der Waals surface area contributed by atoms with E-state index in [1.807, 2.05) is 0 Å². The van der Waals surface area contributed by atoms with Crippen LogP contribution in [0.25, 0.3) is 10.9 Å². The van der Waals surface area contributed by atoms with Crippen molar-refractivity contribution in [2.75, 3.05) is 5.32 Å². The average molecular weight is 341 g/mol. The molecule has 0 aliphatic carbocycles. The number of amides is 1. The fourth-order valence-corrected chi connectivity index (χ4v) is 2.58. The van der Waals surface area contributed by atoms with Gasteiger partial charge in [-0.25, -0.2) is 0 Å². The summed E-state index contributed by atoms with van der Waals surface area (Å²) in [4.78, 5) is 38.9. The minimum absolute atomic E-state index is 0.120. The summed E-state index contributed by atoms with van der Waals surface area (Å²) >= 11 is 5.91. The van der Waals surface area contributed by atoms with Crippen molar-refractivity contribution < 1.29 is 14.4 Å². The van der Waals surface area contributed by atoms with Gasteiger partial charge >= 0.3 is 0 Å². The van der Waals surface area contributed by atoms with E-state index in [9.17, 15) is 14.4 Å². The van der Waals surface area contributed by atoms with Gasteiger partial charge in [0.25, 0.3) is 11.7 Å². The molecule has 0 fully saturated rings. The molecule has 1 heterocycles. The Hall–Kier alpha value is -2.92. The Morgan fingerprint density at radius 1 is 1.08 bits per heavy atom. The van der Waals surface area contributed by atoms with Crippen LogP contribution in [0.2, 0.25) is 5.02 Å². The molecule has 0 saturated carbocycles. The summed E-state index contributed by atoms with van der Waals surface area (Å²) in [6.45, 7) is 1.43. The molecule has 0 bridgehead atoms. The molecule has 0 aliphatic heterocycles. The topological polar surface area (TPSA) is 79.0 Å². The quantitative estimate of drug-likeness (QED) is 0.559. The number of nitrogens with one attached hydrogen (secondary N) is 2. The summed E-state index contributed by atoms with van der Waals surface area (Å²) in [5, 5.41) is 3.68. The van der Waals surface area contributed by atoms with Crippen LogP contribution >= 0.6 is 11.6 Å². The number of fused-ring (bicyclic) bond motifs is 1. The molecule has 2 N–H and O–H groups in total. The number of carbonyl (C=O) groups excluding carboxylic acids is 3. The zero-order chi connectivity index (χ0) is 17.3. The second-order valence-electron chi connectivity index (χ2n) is 5.31. The molecular formula is C18H13ClN2O3. The predicted molar refractivity (Wildman–Crippen MR) is 92.7 cm³/mol. The van der Waals surface area contributed by atoms with Crippen LogP contribution in [0.15, 0.2) is 48.7 Å². The lowest BCUT2D eigenvalue weighted by Crippen LogP contribution is -2.22. The van der Waals surface area contributed by atoms with Crippen molar-refractivity contribution in [3.05, 3.63) is 64.8 Å². The van der Waals surface area contributed by atoms with Crippen molar-refractivity contribution in [2.24, 2.45) is 0 Å². The summed E-state index contributed by atoms with van der Waals surface area (Å²) in [6.07, 6.45) is 1.48. The SMILES string of the molecule is CC(=O)c1cccc(NC(=O)C(=O)c2c[nH]c3cc(Cl)ccc23)c1. The molecule has 5 nitrogen and oxygen atoms in total. The van der Waals surface area contributed by atoms with E-state index in [0.717, 1.165) is 0 Å². The minimum atomic E-state index is -0.772. The summed E-state index contributed by atoms with van der Waals surface area (Å²) in [5.41, 5.74) is 1.80. The van der Waals surface area contributed by atoms with E-state index in [-0.39, 0.29) is 11.3 Å². The average Bonchev–Trinajstić information content (AvgIpc) is 2.97. The van der Waals surface area contributed by atoms with Gasteiger partial charge in [-0.1, -0.05) is 29.8 Å². The Bertz CT molecular complexity index is 975. The molecule has 3 aromatic rings. The maximum absolute atomic E-state index is 12.4. The molecule has 3 rings (SSSR count). The maximum Gasteiger partial charge on any atom is 0.296 e. The van der Waals surface area contributed by atoms with Crippen LogP contribution < -0.4 is 5.32 Å². The first kappa shape index (κ1) is 16.0. The van der Waals surface area contributed by atoms with Crippen LogP contribution in [0.1, 0.15) is 27.6 Å². The van der Waals surface area contributed by atoms with Crippen LogP contribution in [0.5, 0.6) is 0 Å². The predicted octanol–water partition coefficient (Wildman–Crippen LogP) is 3.85. The van der Waals surface area contributed by atoms with Crippen molar-refractivity contribution in [3.63, 3.8) is 0 Å². The third-order valence-electron chi connectivity index (χ3n) is 3.62. The third-order valence-corrected chi connectivity index (χ3v) is 3.86. The number of carbonyl (C=O) groups is 3. The lowest BCUT2D eigenvalue weighted by Gasteiger charge is -2.05. The van der Waals surface area contributed by atoms with E-state index in [1.165, 1.54) is 19.2 Å². The normalized spacial score (nSPS) is 10.6. The fraction of sp³-hybridized carbons (Fsp3) is 0.0556. The van der Waals surface area contributed by atoms with Gasteiger partial charge in [0.15, 0.2) is 5.78 Å². The highest BCUT2D eigenvalue weighted by Crippen LogP contribution is 2.23. The van der Waals surface area contributed by atoms with Crippen LogP contribution in [-0.4, -0.2) is 22.5 Å². The largest absolute Gasteiger partial charge is 0.360 e. The Labute approximate surface area is 142 Å². The maximum atomic E-state index is 12.4. The molecular weight excluding hydrogens is 328 g/mol. The standard InChI is InChI=1S/C18H13ClN2O3/c1-10(22)11-3-2-4-13(7-11)21-18(24)17(23)15-9-20-16-8-12(19)5-6-14(15)16/h2-9,20H,1H3,(H,21,24). The molecule has 0 unspecified atom stereocenters. The molecule has 1 aromatic heterocycles. The summed E-state index contributed by atoms with van der Waals surface area (Å²) < 4.78 is 0. The summed E-state index contributed by atoms with van der Waals surface area (Å²) in [6, 6.07) is 11.5. The van der Waals surface area contributed by atoms with Crippen molar-refractivity contribution in [1.82, 2.24) is 4.98 Å². The number of Topliss-reactive ketones (excluding diaryl/α,β-unsaturated/α-hetero) is 2. The molecule has 0 spiro atoms. The first-order valence-electron chi connectivity index (χ1n) is 7.19. The number of anilines is 1. The van der Waals surface area contributed by atoms with Crippen LogP contribution in [0.4, 0.5) is 5.69 Å². The molecule has 0 saturated heterocycles. The van der Waals surface area contributed by atoms with E-state index in [4.69, 9.17) is 11.6 Å². The number of hydrogen-bond donors (Lipinski definition) is 2. The van der Waals surface area contributed by atoms with Gasteiger partial charge in [0.1, 0.15) is 0 Å². The zero-order valence-corrected chi connectivity index (χ0v) is 13.5. The smallest absolute Gasteiger partial charge is 0.296 e. The van der Waals surface area contributed by atoms with Crippen LogP contribution in [-0.2, 0) is 4.79 Å². The summed E-state index contributed by atoms with van der Waals surface area (Å²) in [7, 11) is 0. The molecule has 0 atom stereocenters. The van der Waals surface area contributed by atoms with E-state index < -0.39 is 11.7 Å². The first-order chi connectivity index (χ1) is 11.5. The zero-order valence-electron chi connectivity index (χ0n) is 12.7. The Morgan fingerprint density at radius 3 is 2.62 bits per heavy atom. The molecule has 24 heavy (non-hydrogen) atoms. The number of hydrogen-bond acceptors (Lipinski definition) is 3. The number of aromatic nitrogens is 1. The van der Waals surface area contributed by atoms with Gasteiger partial charge in [-0.05, 0) is 31.2 Å². The van der Waals surface area contributed by atoms with Gasteiger partial charge in [-0.3, -0.25) is 14.4 Å². The van der Waals surface area contributed by atoms with Crippen molar-refractivity contribution >= 4 is 45.7 Å². The number of halogens is 1. The molecule has 1 amide bonds. The van der Waals surface area contributed by atoms with Crippen molar-refractivity contribution in [1.29, 1.82) is 0 Å². The number of benzene rings is 2. The Balaban J connectivity index is 1.85. The van der Waals surface area contributed by atoms with E-state index >= 15 is 0 Å². The van der Waals surface area contributed by atoms with Gasteiger partial charge in [-0.2, -0.15) is 0 Å².